The molecule has 0 spiro atoms. The first-order valence-corrected chi connectivity index (χ1v) is 6.25. The maximum Gasteiger partial charge on any atom is 0.0826 e. The molecule has 1 aromatic rings. The fourth-order valence-electron chi connectivity index (χ4n) is 2.25. The second-order valence-corrected chi connectivity index (χ2v) is 5.28. The number of hydrogen-bond acceptors (Lipinski definition) is 3. The molecule has 1 aliphatic rings. The number of benzene rings is 1. The first-order chi connectivity index (χ1) is 8.00. The van der Waals surface area contributed by atoms with Crippen molar-refractivity contribution in [2.75, 3.05) is 24.2 Å². The number of ether oxygens (including phenoxy) is 1. The van der Waals surface area contributed by atoms with Crippen molar-refractivity contribution in [2.45, 2.75) is 39.2 Å². The van der Waals surface area contributed by atoms with Crippen molar-refractivity contribution in [3.8, 4) is 0 Å². The average molecular weight is 234 g/mol. The van der Waals surface area contributed by atoms with Gasteiger partial charge in [-0.25, -0.2) is 0 Å². The highest BCUT2D eigenvalue weighted by molar-refractivity contribution is 5.68. The topological polar surface area (TPSA) is 47.3 Å². The first kappa shape index (κ1) is 12.2. The monoisotopic (exact) mass is 234 g/mol. The first-order valence-electron chi connectivity index (χ1n) is 6.25. The summed E-state index contributed by atoms with van der Waals surface area (Å²) in [6.07, 6.45) is 2.27. The van der Waals surface area contributed by atoms with Gasteiger partial charge in [-0.2, -0.15) is 0 Å². The van der Waals surface area contributed by atoms with Crippen LogP contribution in [-0.2, 0) is 4.74 Å². The van der Waals surface area contributed by atoms with Crippen LogP contribution in [0.5, 0.6) is 0 Å². The molecule has 1 unspecified atom stereocenters. The van der Waals surface area contributed by atoms with Gasteiger partial charge in [0.05, 0.1) is 17.0 Å². The lowest BCUT2D eigenvalue weighted by atomic mass is 10.0. The Morgan fingerprint density at radius 3 is 2.71 bits per heavy atom. The molecule has 1 fully saturated rings. The summed E-state index contributed by atoms with van der Waals surface area (Å²) in [6, 6.07) is 4.14. The Bertz CT molecular complexity index is 409. The molecule has 0 saturated carbocycles. The molecule has 1 saturated heterocycles. The van der Waals surface area contributed by atoms with Crippen LogP contribution in [0.25, 0.3) is 0 Å². The Hall–Kier alpha value is -1.22. The van der Waals surface area contributed by atoms with Crippen molar-refractivity contribution in [2.24, 2.45) is 0 Å². The molecule has 3 heteroatoms. The normalized spacial score (nSPS) is 23.9. The molecule has 17 heavy (non-hydrogen) atoms. The third-order valence-electron chi connectivity index (χ3n) is 3.62. The third-order valence-corrected chi connectivity index (χ3v) is 3.62. The summed E-state index contributed by atoms with van der Waals surface area (Å²) in [4.78, 5) is 0. The van der Waals surface area contributed by atoms with E-state index in [1.807, 2.05) is 6.07 Å². The van der Waals surface area contributed by atoms with Crippen LogP contribution < -0.4 is 11.1 Å². The van der Waals surface area contributed by atoms with Gasteiger partial charge in [0.25, 0.3) is 0 Å². The van der Waals surface area contributed by atoms with Gasteiger partial charge in [-0.1, -0.05) is 0 Å². The van der Waals surface area contributed by atoms with E-state index < -0.39 is 0 Å². The van der Waals surface area contributed by atoms with Gasteiger partial charge in [-0.15, -0.1) is 0 Å². The van der Waals surface area contributed by atoms with Gasteiger partial charge in [0.15, 0.2) is 0 Å². The van der Waals surface area contributed by atoms with E-state index in [4.69, 9.17) is 10.5 Å². The van der Waals surface area contributed by atoms with E-state index in [1.165, 1.54) is 11.1 Å². The zero-order chi connectivity index (χ0) is 12.5. The van der Waals surface area contributed by atoms with Gasteiger partial charge in [-0.05, 0) is 56.9 Å². The summed E-state index contributed by atoms with van der Waals surface area (Å²) in [7, 11) is 0. The maximum absolute atomic E-state index is 6.01. The number of nitrogens with two attached hydrogens (primary N) is 1. The van der Waals surface area contributed by atoms with Crippen molar-refractivity contribution < 1.29 is 4.74 Å². The van der Waals surface area contributed by atoms with Gasteiger partial charge in [0.1, 0.15) is 0 Å². The summed E-state index contributed by atoms with van der Waals surface area (Å²) in [5.41, 5.74) is 10.3. The molecule has 0 radical (unpaired) electrons. The molecule has 1 aromatic carbocycles. The van der Waals surface area contributed by atoms with Crippen LogP contribution >= 0.6 is 0 Å². The number of nitrogens with one attached hydrogen (secondary N) is 1. The highest BCUT2D eigenvalue weighted by Crippen LogP contribution is 2.28. The van der Waals surface area contributed by atoms with E-state index in [0.29, 0.717) is 0 Å². The molecule has 2 rings (SSSR count). The molecule has 3 nitrogen and oxygen atoms in total. The van der Waals surface area contributed by atoms with Crippen molar-refractivity contribution >= 4 is 11.4 Å². The smallest absolute Gasteiger partial charge is 0.0826 e. The Balaban J connectivity index is 2.06. The zero-order valence-electron chi connectivity index (χ0n) is 11.0. The molecule has 3 N–H and O–H groups in total. The summed E-state index contributed by atoms with van der Waals surface area (Å²) in [6.45, 7) is 8.04. The molecule has 0 aromatic heterocycles. The van der Waals surface area contributed by atoms with Crippen molar-refractivity contribution in [1.82, 2.24) is 0 Å². The fraction of sp³-hybridized carbons (Fsp3) is 0.571. The highest BCUT2D eigenvalue weighted by Gasteiger charge is 2.29. The predicted octanol–water partition coefficient (Wildman–Crippen LogP) is 2.87. The van der Waals surface area contributed by atoms with Crippen molar-refractivity contribution in [1.29, 1.82) is 0 Å². The van der Waals surface area contributed by atoms with E-state index in [0.717, 1.165) is 37.4 Å². The van der Waals surface area contributed by atoms with Crippen LogP contribution in [0.3, 0.4) is 0 Å². The second-order valence-electron chi connectivity index (χ2n) is 5.28. The van der Waals surface area contributed by atoms with Crippen LogP contribution in [0.4, 0.5) is 11.4 Å². The molecule has 1 atom stereocenters. The number of nitrogen functional groups attached to an aromatic ring is 1. The third kappa shape index (κ3) is 2.72. The average Bonchev–Trinajstić information content (AvgIpc) is 2.69. The minimum atomic E-state index is -0.0365. The molecule has 1 heterocycles. The minimum Gasteiger partial charge on any atom is -0.397 e. The number of anilines is 2. The Morgan fingerprint density at radius 1 is 1.35 bits per heavy atom. The quantitative estimate of drug-likeness (QED) is 0.791. The lowest BCUT2D eigenvalue weighted by Gasteiger charge is -2.24. The van der Waals surface area contributed by atoms with Gasteiger partial charge in [-0.3, -0.25) is 0 Å². The molecule has 1 aliphatic heterocycles. The molecular formula is C14H22N2O. The van der Waals surface area contributed by atoms with Crippen LogP contribution in [0.2, 0.25) is 0 Å². The van der Waals surface area contributed by atoms with Gasteiger partial charge < -0.3 is 15.8 Å². The van der Waals surface area contributed by atoms with E-state index >= 15 is 0 Å². The second kappa shape index (κ2) is 4.57. The number of rotatable bonds is 3. The zero-order valence-corrected chi connectivity index (χ0v) is 11.0. The molecule has 94 valence electrons. The highest BCUT2D eigenvalue weighted by atomic mass is 16.5. The Kier molecular flexibility index (Phi) is 3.29. The summed E-state index contributed by atoms with van der Waals surface area (Å²) in [5.74, 6) is 0. The summed E-state index contributed by atoms with van der Waals surface area (Å²) in [5, 5.41) is 3.41. The predicted molar refractivity (Wildman–Crippen MR) is 72.4 cm³/mol. The van der Waals surface area contributed by atoms with E-state index in [1.54, 1.807) is 0 Å². The van der Waals surface area contributed by atoms with Gasteiger partial charge in [0.2, 0.25) is 0 Å². The standard InChI is InChI=1S/C14H22N2O/c1-10-7-12(15)13(8-11(10)2)16-9-14(3)5-4-6-17-14/h7-8,16H,4-6,9,15H2,1-3H3. The van der Waals surface area contributed by atoms with Crippen LogP contribution in [-0.4, -0.2) is 18.8 Å². The van der Waals surface area contributed by atoms with Gasteiger partial charge >= 0.3 is 0 Å². The maximum atomic E-state index is 6.01. The molecular weight excluding hydrogens is 212 g/mol. The van der Waals surface area contributed by atoms with Crippen LogP contribution in [0, 0.1) is 13.8 Å². The van der Waals surface area contributed by atoms with Crippen LogP contribution in [0.15, 0.2) is 12.1 Å². The lowest BCUT2D eigenvalue weighted by molar-refractivity contribution is 0.0315. The minimum absolute atomic E-state index is 0.0365. The van der Waals surface area contributed by atoms with Gasteiger partial charge in [0, 0.05) is 13.2 Å². The number of hydrogen-bond donors (Lipinski definition) is 2. The summed E-state index contributed by atoms with van der Waals surface area (Å²) >= 11 is 0. The lowest BCUT2D eigenvalue weighted by Crippen LogP contribution is -2.32. The molecule has 0 aliphatic carbocycles. The summed E-state index contributed by atoms with van der Waals surface area (Å²) < 4.78 is 5.75. The fourth-order valence-corrected chi connectivity index (χ4v) is 2.25. The van der Waals surface area contributed by atoms with Crippen LogP contribution in [0.1, 0.15) is 30.9 Å². The Morgan fingerprint density at radius 2 is 2.06 bits per heavy atom. The van der Waals surface area contributed by atoms with E-state index in [-0.39, 0.29) is 5.60 Å². The van der Waals surface area contributed by atoms with E-state index in [9.17, 15) is 0 Å². The molecule has 0 bridgehead atoms. The number of aryl methyl sites for hydroxylation is 2. The SMILES string of the molecule is Cc1cc(N)c(NCC2(C)CCCO2)cc1C. The van der Waals surface area contributed by atoms with Crippen molar-refractivity contribution in [3.05, 3.63) is 23.3 Å². The molecule has 0 amide bonds. The largest absolute Gasteiger partial charge is 0.397 e. The van der Waals surface area contributed by atoms with Crippen molar-refractivity contribution in [3.63, 3.8) is 0 Å². The van der Waals surface area contributed by atoms with E-state index in [2.05, 4.69) is 32.2 Å². The Labute approximate surface area is 103 Å².